The van der Waals surface area contributed by atoms with E-state index in [-0.39, 0.29) is 23.5 Å². The molecule has 38 heavy (non-hydrogen) atoms. The van der Waals surface area contributed by atoms with E-state index in [9.17, 15) is 9.90 Å². The summed E-state index contributed by atoms with van der Waals surface area (Å²) in [7, 11) is 3.65. The van der Waals surface area contributed by atoms with Crippen molar-refractivity contribution in [3.05, 3.63) is 29.8 Å². The van der Waals surface area contributed by atoms with E-state index in [1.807, 2.05) is 18.0 Å². The average molecular weight is 523 g/mol. The highest BCUT2D eigenvalue weighted by molar-refractivity contribution is 5.76. The van der Waals surface area contributed by atoms with Gasteiger partial charge < -0.3 is 19.5 Å². The normalized spacial score (nSPS) is 31.8. The SMILES string of the molecule is C=CCN1CC[C@]23c4c5c(O)cc(OC)c4O[C@H]2[C@H](N(C)C(=O)CCCCC2CCCCC2)CC[C@H]3[C@H]1C5. The van der Waals surface area contributed by atoms with Crippen LogP contribution in [0.3, 0.4) is 0 Å². The van der Waals surface area contributed by atoms with E-state index in [2.05, 4.69) is 11.5 Å². The molecular weight excluding hydrogens is 476 g/mol. The van der Waals surface area contributed by atoms with Crippen molar-refractivity contribution < 1.29 is 19.4 Å². The molecule has 1 amide bonds. The maximum absolute atomic E-state index is 13.5. The van der Waals surface area contributed by atoms with Crippen molar-refractivity contribution >= 4 is 5.91 Å². The van der Waals surface area contributed by atoms with Crippen molar-refractivity contribution in [2.75, 3.05) is 27.2 Å². The molecule has 208 valence electrons. The van der Waals surface area contributed by atoms with E-state index >= 15 is 0 Å². The second-order valence-corrected chi connectivity index (χ2v) is 12.7. The lowest BCUT2D eigenvalue weighted by atomic mass is 9.51. The molecule has 6 heteroatoms. The highest BCUT2D eigenvalue weighted by Gasteiger charge is 2.66. The van der Waals surface area contributed by atoms with Crippen molar-refractivity contribution in [1.82, 2.24) is 9.80 Å². The summed E-state index contributed by atoms with van der Waals surface area (Å²) in [6.07, 6.45) is 16.7. The Kier molecular flexibility index (Phi) is 7.13. The van der Waals surface area contributed by atoms with Gasteiger partial charge in [-0.15, -0.1) is 6.58 Å². The highest BCUT2D eigenvalue weighted by Crippen LogP contribution is 2.65. The summed E-state index contributed by atoms with van der Waals surface area (Å²) in [6, 6.07) is 2.12. The molecule has 1 N–H and O–H groups in total. The smallest absolute Gasteiger partial charge is 0.222 e. The number of benzene rings is 1. The van der Waals surface area contributed by atoms with E-state index in [0.717, 1.165) is 68.8 Å². The van der Waals surface area contributed by atoms with Gasteiger partial charge in [0, 0.05) is 48.7 Å². The van der Waals surface area contributed by atoms with E-state index in [1.165, 1.54) is 44.1 Å². The Hall–Kier alpha value is -2.21. The number of nitrogens with zero attached hydrogens (tertiary/aromatic N) is 2. The van der Waals surface area contributed by atoms with Gasteiger partial charge in [-0.05, 0) is 50.5 Å². The lowest BCUT2D eigenvalue weighted by Crippen LogP contribution is -2.68. The zero-order valence-corrected chi connectivity index (χ0v) is 23.4. The maximum atomic E-state index is 13.5. The maximum Gasteiger partial charge on any atom is 0.222 e. The lowest BCUT2D eigenvalue weighted by Gasteiger charge is -2.60. The van der Waals surface area contributed by atoms with E-state index < -0.39 is 0 Å². The molecule has 2 saturated carbocycles. The molecule has 2 aliphatic heterocycles. The first-order chi connectivity index (χ1) is 18.5. The van der Waals surface area contributed by atoms with Gasteiger partial charge in [0.2, 0.25) is 5.91 Å². The summed E-state index contributed by atoms with van der Waals surface area (Å²) >= 11 is 0. The molecule has 0 radical (unpaired) electrons. The molecular formula is C32H46N2O4. The van der Waals surface area contributed by atoms with E-state index in [1.54, 1.807) is 13.2 Å². The number of amides is 1. The molecule has 5 aliphatic rings. The van der Waals surface area contributed by atoms with Crippen LogP contribution in [0.2, 0.25) is 0 Å². The third-order valence-corrected chi connectivity index (χ3v) is 10.9. The van der Waals surface area contributed by atoms with Crippen LogP contribution in [0.25, 0.3) is 0 Å². The minimum Gasteiger partial charge on any atom is -0.508 e. The number of ether oxygens (including phenoxy) is 2. The van der Waals surface area contributed by atoms with Gasteiger partial charge >= 0.3 is 0 Å². The second kappa shape index (κ2) is 10.4. The number of phenolic OH excluding ortho intramolecular Hbond substituents is 1. The van der Waals surface area contributed by atoms with Crippen LogP contribution in [0.5, 0.6) is 17.2 Å². The number of carbonyl (C=O) groups is 1. The van der Waals surface area contributed by atoms with Gasteiger partial charge in [0.05, 0.1) is 13.2 Å². The fraction of sp³-hybridized carbons (Fsp3) is 0.719. The fourth-order valence-corrected chi connectivity index (χ4v) is 9.14. The summed E-state index contributed by atoms with van der Waals surface area (Å²) in [6.45, 7) is 5.86. The number of likely N-dealkylation sites (N-methyl/N-ethyl adjacent to an activating group) is 1. The monoisotopic (exact) mass is 522 g/mol. The molecule has 1 saturated heterocycles. The summed E-state index contributed by atoms with van der Waals surface area (Å²) < 4.78 is 12.6. The van der Waals surface area contributed by atoms with Gasteiger partial charge in [-0.3, -0.25) is 9.69 Å². The Balaban J connectivity index is 1.24. The van der Waals surface area contributed by atoms with Crippen LogP contribution in [0.1, 0.15) is 88.2 Å². The number of phenols is 1. The molecule has 1 spiro atoms. The summed E-state index contributed by atoms with van der Waals surface area (Å²) in [5, 5.41) is 11.1. The number of likely N-dealkylation sites (tertiary alicyclic amines) is 1. The molecule has 3 fully saturated rings. The number of unbranched alkanes of at least 4 members (excludes halogenated alkanes) is 1. The van der Waals surface area contributed by atoms with Crippen molar-refractivity contribution in [2.24, 2.45) is 11.8 Å². The average Bonchev–Trinajstić information content (AvgIpc) is 3.28. The summed E-state index contributed by atoms with van der Waals surface area (Å²) in [5.74, 6) is 3.31. The molecule has 6 nitrogen and oxygen atoms in total. The van der Waals surface area contributed by atoms with Gasteiger partial charge in [-0.2, -0.15) is 0 Å². The van der Waals surface area contributed by atoms with Gasteiger partial charge in [-0.25, -0.2) is 0 Å². The lowest BCUT2D eigenvalue weighted by molar-refractivity contribution is -0.140. The van der Waals surface area contributed by atoms with Gasteiger partial charge in [0.15, 0.2) is 11.5 Å². The fourth-order valence-electron chi connectivity index (χ4n) is 9.14. The van der Waals surface area contributed by atoms with Crippen molar-refractivity contribution in [2.45, 2.75) is 107 Å². The molecule has 3 aliphatic carbocycles. The van der Waals surface area contributed by atoms with Crippen molar-refractivity contribution in [3.8, 4) is 17.2 Å². The minimum absolute atomic E-state index is 0.0360. The van der Waals surface area contributed by atoms with Crippen molar-refractivity contribution in [3.63, 3.8) is 0 Å². The first-order valence-electron chi connectivity index (χ1n) is 15.2. The van der Waals surface area contributed by atoms with Crippen LogP contribution >= 0.6 is 0 Å². The molecule has 0 aromatic heterocycles. The molecule has 1 aromatic carbocycles. The number of rotatable bonds is 9. The molecule has 6 rings (SSSR count). The zero-order chi connectivity index (χ0) is 26.4. The Labute approximate surface area is 228 Å². The molecule has 2 heterocycles. The third kappa shape index (κ3) is 4.04. The summed E-state index contributed by atoms with van der Waals surface area (Å²) in [5.41, 5.74) is 2.02. The van der Waals surface area contributed by atoms with Crippen LogP contribution in [0, 0.1) is 11.8 Å². The third-order valence-electron chi connectivity index (χ3n) is 10.9. The Morgan fingerprint density at radius 1 is 1.26 bits per heavy atom. The van der Waals surface area contributed by atoms with Crippen LogP contribution in [0.15, 0.2) is 18.7 Å². The molecule has 5 atom stereocenters. The van der Waals surface area contributed by atoms with Gasteiger partial charge in [-0.1, -0.05) is 51.0 Å². The van der Waals surface area contributed by atoms with E-state index in [0.29, 0.717) is 29.9 Å². The number of hydrogen-bond acceptors (Lipinski definition) is 5. The minimum atomic E-state index is -0.185. The van der Waals surface area contributed by atoms with Gasteiger partial charge in [0.25, 0.3) is 0 Å². The molecule has 0 unspecified atom stereocenters. The summed E-state index contributed by atoms with van der Waals surface area (Å²) in [4.78, 5) is 18.1. The number of methoxy groups -OCH3 is 1. The van der Waals surface area contributed by atoms with Crippen LogP contribution in [0.4, 0.5) is 0 Å². The molecule has 2 bridgehead atoms. The Bertz CT molecular complexity index is 1070. The number of piperidine rings is 1. The first kappa shape index (κ1) is 26.0. The van der Waals surface area contributed by atoms with E-state index in [4.69, 9.17) is 9.47 Å². The van der Waals surface area contributed by atoms with Crippen molar-refractivity contribution in [1.29, 1.82) is 0 Å². The number of carbonyl (C=O) groups excluding carboxylic acids is 1. The number of aromatic hydroxyl groups is 1. The van der Waals surface area contributed by atoms with Gasteiger partial charge in [0.1, 0.15) is 11.9 Å². The van der Waals surface area contributed by atoms with Crippen LogP contribution in [-0.4, -0.2) is 66.2 Å². The quantitative estimate of drug-likeness (QED) is 0.338. The van der Waals surface area contributed by atoms with Crippen LogP contribution < -0.4 is 9.47 Å². The zero-order valence-electron chi connectivity index (χ0n) is 23.4. The predicted octanol–water partition coefficient (Wildman–Crippen LogP) is 5.59. The Morgan fingerprint density at radius 2 is 2.08 bits per heavy atom. The highest BCUT2D eigenvalue weighted by atomic mass is 16.5. The Morgan fingerprint density at radius 3 is 2.84 bits per heavy atom. The number of hydrogen-bond donors (Lipinski definition) is 1. The topological polar surface area (TPSA) is 62.2 Å². The second-order valence-electron chi connectivity index (χ2n) is 12.7. The first-order valence-corrected chi connectivity index (χ1v) is 15.2. The predicted molar refractivity (Wildman–Crippen MR) is 149 cm³/mol. The standard InChI is InChI=1S/C32H46N2O4/c1-4-17-34-18-16-32-23-14-15-24(33(2)28(36)13-9-8-12-21-10-6-5-7-11-21)31(32)38-30-27(37-3)20-26(35)22(29(30)32)19-25(23)34/h4,20-21,23-25,31,35H,1,5-19H2,2-3H3/t23-,24+,25+,31-,32-/m0/s1. The molecule has 1 aromatic rings. The largest absolute Gasteiger partial charge is 0.508 e. The van der Waals surface area contributed by atoms with Crippen LogP contribution in [-0.2, 0) is 16.6 Å².